The van der Waals surface area contributed by atoms with Crippen LogP contribution < -0.4 is 16.6 Å². The Labute approximate surface area is 199 Å². The number of benzene rings is 1. The maximum Gasteiger partial charge on any atom is 0.263 e. The van der Waals surface area contributed by atoms with Gasteiger partial charge >= 0.3 is 0 Å². The summed E-state index contributed by atoms with van der Waals surface area (Å²) < 4.78 is 29.6. The first-order chi connectivity index (χ1) is 16.9. The summed E-state index contributed by atoms with van der Waals surface area (Å²) in [5, 5.41) is 12.7. The first-order valence-corrected chi connectivity index (χ1v) is 11.3. The number of rotatable bonds is 6. The average Bonchev–Trinajstić information content (AvgIpc) is 3.64. The van der Waals surface area contributed by atoms with Crippen LogP contribution in [0, 0.1) is 29.9 Å². The zero-order chi connectivity index (χ0) is 24.7. The van der Waals surface area contributed by atoms with Crippen molar-refractivity contribution in [2.24, 2.45) is 0 Å². The molecule has 176 valence electrons. The average molecular weight is 472 g/mol. The lowest BCUT2D eigenvalue weighted by molar-refractivity contribution is 0.617. The molecular weight excluding hydrogens is 450 g/mol. The highest BCUT2D eigenvalue weighted by atomic mass is 19.1. The van der Waals surface area contributed by atoms with Gasteiger partial charge in [-0.15, -0.1) is 0 Å². The summed E-state index contributed by atoms with van der Waals surface area (Å²) in [4.78, 5) is 21.8. The van der Waals surface area contributed by atoms with Gasteiger partial charge in [0.2, 0.25) is 5.95 Å². The van der Waals surface area contributed by atoms with Crippen LogP contribution in [-0.2, 0) is 6.42 Å². The lowest BCUT2D eigenvalue weighted by Gasteiger charge is -2.19. The van der Waals surface area contributed by atoms with E-state index in [-0.39, 0.29) is 11.9 Å². The standard InChI is InChI=1S/C26H22F2N6O/c1-14-20(12-29)24(33-26(30)32-14)31-10-9-19-22(15-5-6-15)21-8-7-18(28)13-34(21)25(35)23(19)16-3-2-4-17(27)11-16/h2-4,7-8,11,13,15H,5-6,9-10H2,1H3,(H3,30,31,32,33). The highest BCUT2D eigenvalue weighted by Gasteiger charge is 2.31. The maximum atomic E-state index is 14.2. The van der Waals surface area contributed by atoms with Gasteiger partial charge in [-0.25, -0.2) is 13.8 Å². The van der Waals surface area contributed by atoms with Crippen molar-refractivity contribution in [1.82, 2.24) is 14.4 Å². The number of nitrogens with zero attached hydrogens (tertiary/aromatic N) is 4. The van der Waals surface area contributed by atoms with Gasteiger partial charge in [0.15, 0.2) is 0 Å². The molecule has 7 nitrogen and oxygen atoms in total. The summed E-state index contributed by atoms with van der Waals surface area (Å²) in [5.41, 5.74) is 9.28. The van der Waals surface area contributed by atoms with Crippen molar-refractivity contribution in [3.63, 3.8) is 0 Å². The highest BCUT2D eigenvalue weighted by Crippen LogP contribution is 2.45. The van der Waals surface area contributed by atoms with E-state index in [0.717, 1.165) is 24.0 Å². The minimum Gasteiger partial charge on any atom is -0.368 e. The van der Waals surface area contributed by atoms with Gasteiger partial charge in [0.05, 0.1) is 16.8 Å². The van der Waals surface area contributed by atoms with Gasteiger partial charge < -0.3 is 11.1 Å². The number of hydrogen-bond donors (Lipinski definition) is 2. The number of hydrogen-bond acceptors (Lipinski definition) is 6. The molecule has 0 saturated heterocycles. The van der Waals surface area contributed by atoms with E-state index in [9.17, 15) is 18.8 Å². The second-order valence-corrected chi connectivity index (χ2v) is 8.64. The number of fused-ring (bicyclic) bond motifs is 1. The van der Waals surface area contributed by atoms with E-state index >= 15 is 0 Å². The van der Waals surface area contributed by atoms with Crippen molar-refractivity contribution in [2.45, 2.75) is 32.1 Å². The number of nitriles is 1. The van der Waals surface area contributed by atoms with Gasteiger partial charge in [-0.05, 0) is 73.1 Å². The summed E-state index contributed by atoms with van der Waals surface area (Å²) in [7, 11) is 0. The monoisotopic (exact) mass is 472 g/mol. The first-order valence-electron chi connectivity index (χ1n) is 11.3. The topological polar surface area (TPSA) is 109 Å². The minimum atomic E-state index is -0.526. The van der Waals surface area contributed by atoms with Crippen LogP contribution in [0.1, 0.15) is 41.1 Å². The maximum absolute atomic E-state index is 14.2. The van der Waals surface area contributed by atoms with Crippen LogP contribution in [0.15, 0.2) is 47.4 Å². The molecule has 3 N–H and O–H groups in total. The summed E-state index contributed by atoms with van der Waals surface area (Å²) >= 11 is 0. The van der Waals surface area contributed by atoms with Crippen molar-refractivity contribution in [3.8, 4) is 17.2 Å². The fourth-order valence-corrected chi connectivity index (χ4v) is 4.59. The molecule has 1 fully saturated rings. The zero-order valence-corrected chi connectivity index (χ0v) is 19.0. The van der Waals surface area contributed by atoms with Gasteiger partial charge in [0.25, 0.3) is 5.56 Å². The molecule has 1 aliphatic rings. The van der Waals surface area contributed by atoms with Crippen LogP contribution in [0.2, 0.25) is 0 Å². The molecular formula is C26H22F2N6O. The lowest BCUT2D eigenvalue weighted by Crippen LogP contribution is -2.22. The van der Waals surface area contributed by atoms with Crippen molar-refractivity contribution in [2.75, 3.05) is 17.6 Å². The largest absolute Gasteiger partial charge is 0.368 e. The Hall–Kier alpha value is -4.32. The molecule has 35 heavy (non-hydrogen) atoms. The Balaban J connectivity index is 1.65. The second-order valence-electron chi connectivity index (χ2n) is 8.64. The molecule has 0 unspecified atom stereocenters. The zero-order valence-electron chi connectivity index (χ0n) is 19.0. The van der Waals surface area contributed by atoms with E-state index in [1.54, 1.807) is 25.1 Å². The van der Waals surface area contributed by atoms with Crippen LogP contribution in [0.5, 0.6) is 0 Å². The number of nitrogens with two attached hydrogens (primary N) is 1. The summed E-state index contributed by atoms with van der Waals surface area (Å²) in [5.74, 6) is -0.396. The van der Waals surface area contributed by atoms with E-state index in [1.807, 2.05) is 0 Å². The fraction of sp³-hybridized carbons (Fsp3) is 0.231. The van der Waals surface area contributed by atoms with Crippen LogP contribution in [0.25, 0.3) is 16.6 Å². The van der Waals surface area contributed by atoms with Gasteiger partial charge in [0, 0.05) is 12.7 Å². The number of anilines is 2. The molecule has 0 bridgehead atoms. The molecule has 4 aromatic rings. The third kappa shape index (κ3) is 4.19. The van der Waals surface area contributed by atoms with Crippen molar-refractivity contribution >= 4 is 17.3 Å². The summed E-state index contributed by atoms with van der Waals surface area (Å²) in [6.07, 6.45) is 3.48. The number of nitrogens with one attached hydrogen (secondary N) is 1. The Morgan fingerprint density at radius 2 is 2.00 bits per heavy atom. The highest BCUT2D eigenvalue weighted by molar-refractivity contribution is 5.75. The Morgan fingerprint density at radius 3 is 2.71 bits per heavy atom. The molecule has 1 saturated carbocycles. The molecule has 0 aliphatic heterocycles. The Bertz CT molecular complexity index is 1570. The fourth-order valence-electron chi connectivity index (χ4n) is 4.59. The van der Waals surface area contributed by atoms with Crippen LogP contribution in [0.4, 0.5) is 20.5 Å². The quantitative estimate of drug-likeness (QED) is 0.432. The second kappa shape index (κ2) is 8.80. The van der Waals surface area contributed by atoms with E-state index in [2.05, 4.69) is 21.4 Å². The lowest BCUT2D eigenvalue weighted by atomic mass is 9.91. The number of pyridine rings is 2. The molecule has 9 heteroatoms. The van der Waals surface area contributed by atoms with Crippen molar-refractivity contribution in [3.05, 3.63) is 87.0 Å². The van der Waals surface area contributed by atoms with Crippen LogP contribution in [0.3, 0.4) is 0 Å². The van der Waals surface area contributed by atoms with E-state index in [4.69, 9.17) is 5.73 Å². The molecule has 1 aliphatic carbocycles. The van der Waals surface area contributed by atoms with E-state index in [1.165, 1.54) is 28.8 Å². The van der Waals surface area contributed by atoms with Gasteiger partial charge in [0.1, 0.15) is 29.1 Å². The molecule has 0 atom stereocenters. The number of aryl methyl sites for hydroxylation is 1. The molecule has 0 spiro atoms. The van der Waals surface area contributed by atoms with Crippen LogP contribution >= 0.6 is 0 Å². The molecule has 3 heterocycles. The van der Waals surface area contributed by atoms with Crippen LogP contribution in [-0.4, -0.2) is 20.9 Å². The summed E-state index contributed by atoms with van der Waals surface area (Å²) in [6.45, 7) is 2.02. The third-order valence-corrected chi connectivity index (χ3v) is 6.23. The first kappa shape index (κ1) is 22.5. The van der Waals surface area contributed by atoms with Gasteiger partial charge in [-0.1, -0.05) is 12.1 Å². The van der Waals surface area contributed by atoms with E-state index in [0.29, 0.717) is 46.7 Å². The molecule has 1 aromatic carbocycles. The normalized spacial score (nSPS) is 13.1. The molecule has 5 rings (SSSR count). The van der Waals surface area contributed by atoms with Gasteiger partial charge in [-0.3, -0.25) is 9.20 Å². The van der Waals surface area contributed by atoms with Crippen molar-refractivity contribution < 1.29 is 8.78 Å². The SMILES string of the molecule is Cc1nc(N)nc(NCCc2c(-c3cccc(F)c3)c(=O)n3cc(F)ccc3c2C2CC2)c1C#N. The Kier molecular flexibility index (Phi) is 5.65. The predicted octanol–water partition coefficient (Wildman–Crippen LogP) is 4.33. The van der Waals surface area contributed by atoms with E-state index < -0.39 is 17.2 Å². The summed E-state index contributed by atoms with van der Waals surface area (Å²) in [6, 6.07) is 10.9. The smallest absolute Gasteiger partial charge is 0.263 e. The number of nitrogen functional groups attached to an aromatic ring is 1. The van der Waals surface area contributed by atoms with Gasteiger partial charge in [-0.2, -0.15) is 10.2 Å². The number of aromatic nitrogens is 3. The minimum absolute atomic E-state index is 0.0501. The third-order valence-electron chi connectivity index (χ3n) is 6.23. The molecule has 0 radical (unpaired) electrons. The molecule has 3 aromatic heterocycles. The van der Waals surface area contributed by atoms with Crippen molar-refractivity contribution in [1.29, 1.82) is 5.26 Å². The molecule has 0 amide bonds. The predicted molar refractivity (Wildman–Crippen MR) is 129 cm³/mol. The number of halogens is 2. The Morgan fingerprint density at radius 1 is 1.20 bits per heavy atom.